The van der Waals surface area contributed by atoms with Gasteiger partial charge < -0.3 is 9.15 Å². The summed E-state index contributed by atoms with van der Waals surface area (Å²) < 4.78 is 11.6. The maximum Gasteiger partial charge on any atom is 0.310 e. The van der Waals surface area contributed by atoms with Crippen LogP contribution in [0.15, 0.2) is 57.4 Å². The van der Waals surface area contributed by atoms with Crippen molar-refractivity contribution in [1.82, 2.24) is 10.2 Å². The second-order valence-electron chi connectivity index (χ2n) is 5.24. The highest BCUT2D eigenvalue weighted by Gasteiger charge is 2.13. The largest absolute Gasteiger partial charge is 0.455 e. The molecule has 24 heavy (non-hydrogen) atoms. The summed E-state index contributed by atoms with van der Waals surface area (Å²) in [5.41, 5.74) is 2.80. The third kappa shape index (κ3) is 3.89. The molecule has 0 saturated carbocycles. The van der Waals surface area contributed by atoms with Crippen LogP contribution in [-0.4, -0.2) is 16.2 Å². The molecule has 2 aromatic carbocycles. The maximum absolute atomic E-state index is 11.9. The Kier molecular flexibility index (Phi) is 5.05. The minimum atomic E-state index is -0.329. The molecule has 1 heterocycles. The van der Waals surface area contributed by atoms with Crippen LogP contribution < -0.4 is 0 Å². The molecule has 0 saturated heterocycles. The molecule has 0 unspecified atom stereocenters. The number of halogens is 1. The van der Waals surface area contributed by atoms with Crippen molar-refractivity contribution in [2.75, 3.05) is 0 Å². The zero-order chi connectivity index (χ0) is 16.9. The number of carbonyl (C=O) groups excluding carboxylic acids is 1. The lowest BCUT2D eigenvalue weighted by Crippen LogP contribution is -2.09. The van der Waals surface area contributed by atoms with E-state index in [-0.39, 0.29) is 24.9 Å². The van der Waals surface area contributed by atoms with Crippen molar-refractivity contribution in [2.24, 2.45) is 0 Å². The Labute approximate surface area is 147 Å². The average Bonchev–Trinajstić information content (AvgIpc) is 3.04. The van der Waals surface area contributed by atoms with E-state index in [9.17, 15) is 4.79 Å². The summed E-state index contributed by atoms with van der Waals surface area (Å²) in [7, 11) is 0. The Morgan fingerprint density at radius 2 is 1.88 bits per heavy atom. The van der Waals surface area contributed by atoms with Crippen molar-refractivity contribution in [3.63, 3.8) is 0 Å². The minimum Gasteiger partial charge on any atom is -0.455 e. The van der Waals surface area contributed by atoms with Crippen LogP contribution in [0.4, 0.5) is 0 Å². The summed E-state index contributed by atoms with van der Waals surface area (Å²) in [4.78, 5) is 11.9. The number of hydrogen-bond acceptors (Lipinski definition) is 5. The van der Waals surface area contributed by atoms with Crippen LogP contribution in [-0.2, 0) is 22.6 Å². The van der Waals surface area contributed by atoms with Gasteiger partial charge in [-0.3, -0.25) is 4.79 Å². The quantitative estimate of drug-likeness (QED) is 0.617. The van der Waals surface area contributed by atoms with Gasteiger partial charge in [0.05, 0.1) is 12.0 Å². The highest BCUT2D eigenvalue weighted by molar-refractivity contribution is 9.10. The van der Waals surface area contributed by atoms with E-state index in [2.05, 4.69) is 26.1 Å². The number of nitrogens with zero attached hydrogens (tertiary/aromatic N) is 2. The fraction of sp³-hybridized carbons (Fsp3) is 0.167. The lowest BCUT2D eigenvalue weighted by molar-refractivity contribution is -0.144. The number of carbonyl (C=O) groups is 1. The van der Waals surface area contributed by atoms with Crippen LogP contribution in [0.1, 0.15) is 17.0 Å². The number of aromatic nitrogens is 2. The van der Waals surface area contributed by atoms with Gasteiger partial charge in [-0.2, -0.15) is 0 Å². The molecule has 5 nitrogen and oxygen atoms in total. The van der Waals surface area contributed by atoms with Crippen molar-refractivity contribution < 1.29 is 13.9 Å². The van der Waals surface area contributed by atoms with E-state index >= 15 is 0 Å². The first kappa shape index (κ1) is 16.4. The topological polar surface area (TPSA) is 65.2 Å². The van der Waals surface area contributed by atoms with Gasteiger partial charge in [-0.15, -0.1) is 10.2 Å². The maximum atomic E-state index is 11.9. The van der Waals surface area contributed by atoms with Gasteiger partial charge in [0, 0.05) is 4.47 Å². The van der Waals surface area contributed by atoms with Crippen LogP contribution in [0, 0.1) is 6.92 Å². The van der Waals surface area contributed by atoms with Gasteiger partial charge >= 0.3 is 5.97 Å². The predicted octanol–water partition coefficient (Wildman–Crippen LogP) is 4.09. The number of rotatable bonds is 5. The number of benzene rings is 2. The monoisotopic (exact) mass is 386 g/mol. The Hall–Kier alpha value is -2.47. The zero-order valence-electron chi connectivity index (χ0n) is 13.0. The third-order valence-electron chi connectivity index (χ3n) is 3.52. The first-order chi connectivity index (χ1) is 11.6. The molecule has 1 aromatic heterocycles. The van der Waals surface area contributed by atoms with Crippen LogP contribution >= 0.6 is 15.9 Å². The fourth-order valence-corrected chi connectivity index (χ4v) is 2.67. The molecule has 6 heteroatoms. The zero-order valence-corrected chi connectivity index (χ0v) is 14.6. The predicted molar refractivity (Wildman–Crippen MR) is 92.1 cm³/mol. The Balaban J connectivity index is 1.61. The van der Waals surface area contributed by atoms with Crippen LogP contribution in [0.2, 0.25) is 0 Å². The smallest absolute Gasteiger partial charge is 0.310 e. The van der Waals surface area contributed by atoms with Gasteiger partial charge in [-0.25, -0.2) is 0 Å². The first-order valence-corrected chi connectivity index (χ1v) is 8.20. The van der Waals surface area contributed by atoms with Gasteiger partial charge in [0.1, 0.15) is 0 Å². The molecule has 0 aliphatic rings. The summed E-state index contributed by atoms with van der Waals surface area (Å²) in [5, 5.41) is 7.90. The number of ether oxygens (including phenoxy) is 1. The van der Waals surface area contributed by atoms with E-state index < -0.39 is 0 Å². The standard InChI is InChI=1S/C18H15BrN2O3/c1-12-6-2-3-7-13(12)10-17(22)23-11-16-20-21-18(24-16)14-8-4-5-9-15(14)19/h2-9H,10-11H2,1H3. The molecule has 0 N–H and O–H groups in total. The second-order valence-corrected chi connectivity index (χ2v) is 6.10. The summed E-state index contributed by atoms with van der Waals surface area (Å²) in [6.45, 7) is 1.92. The molecule has 0 aliphatic heterocycles. The van der Waals surface area contributed by atoms with Crippen LogP contribution in [0.3, 0.4) is 0 Å². The minimum absolute atomic E-state index is 0.0395. The highest BCUT2D eigenvalue weighted by atomic mass is 79.9. The Bertz CT molecular complexity index is 861. The number of esters is 1. The average molecular weight is 387 g/mol. The van der Waals surface area contributed by atoms with E-state index in [1.54, 1.807) is 0 Å². The molecule has 0 bridgehead atoms. The van der Waals surface area contributed by atoms with Crippen molar-refractivity contribution in [1.29, 1.82) is 0 Å². The molecule has 0 amide bonds. The van der Waals surface area contributed by atoms with Crippen LogP contribution in [0.25, 0.3) is 11.5 Å². The molecular weight excluding hydrogens is 372 g/mol. The Morgan fingerprint density at radius 1 is 1.12 bits per heavy atom. The van der Waals surface area contributed by atoms with Gasteiger partial charge in [0.15, 0.2) is 6.61 Å². The van der Waals surface area contributed by atoms with Gasteiger partial charge in [0.25, 0.3) is 5.89 Å². The fourth-order valence-electron chi connectivity index (χ4n) is 2.21. The highest BCUT2D eigenvalue weighted by Crippen LogP contribution is 2.26. The van der Waals surface area contributed by atoms with E-state index in [0.29, 0.717) is 5.89 Å². The lowest BCUT2D eigenvalue weighted by atomic mass is 10.1. The summed E-state index contributed by atoms with van der Waals surface area (Å²) in [5.74, 6) is 0.316. The number of hydrogen-bond donors (Lipinski definition) is 0. The molecular formula is C18H15BrN2O3. The molecule has 0 spiro atoms. The molecule has 3 rings (SSSR count). The second kappa shape index (κ2) is 7.40. The first-order valence-electron chi connectivity index (χ1n) is 7.41. The van der Waals surface area contributed by atoms with Crippen LogP contribution in [0.5, 0.6) is 0 Å². The number of aryl methyl sites for hydroxylation is 1. The third-order valence-corrected chi connectivity index (χ3v) is 4.22. The van der Waals surface area contributed by atoms with Crippen molar-refractivity contribution in [3.8, 4) is 11.5 Å². The summed E-state index contributed by atoms with van der Waals surface area (Å²) >= 11 is 3.44. The molecule has 3 aromatic rings. The van der Waals surface area contributed by atoms with E-state index in [4.69, 9.17) is 9.15 Å². The molecule has 0 fully saturated rings. The lowest BCUT2D eigenvalue weighted by Gasteiger charge is -2.05. The molecule has 0 atom stereocenters. The van der Waals surface area contributed by atoms with E-state index in [0.717, 1.165) is 21.2 Å². The van der Waals surface area contributed by atoms with E-state index in [1.165, 1.54) is 0 Å². The van der Waals surface area contributed by atoms with Crippen molar-refractivity contribution in [3.05, 3.63) is 70.0 Å². The van der Waals surface area contributed by atoms with Crippen molar-refractivity contribution in [2.45, 2.75) is 20.0 Å². The molecule has 122 valence electrons. The Morgan fingerprint density at radius 3 is 2.67 bits per heavy atom. The molecule has 0 radical (unpaired) electrons. The summed E-state index contributed by atoms with van der Waals surface area (Å²) in [6, 6.07) is 15.2. The van der Waals surface area contributed by atoms with E-state index in [1.807, 2.05) is 55.5 Å². The van der Waals surface area contributed by atoms with Gasteiger partial charge in [-0.05, 0) is 46.1 Å². The van der Waals surface area contributed by atoms with Gasteiger partial charge in [-0.1, -0.05) is 36.4 Å². The van der Waals surface area contributed by atoms with Gasteiger partial charge in [0.2, 0.25) is 5.89 Å². The SMILES string of the molecule is Cc1ccccc1CC(=O)OCc1nnc(-c2ccccc2Br)o1. The summed E-state index contributed by atoms with van der Waals surface area (Å²) in [6.07, 6.45) is 0.220. The normalized spacial score (nSPS) is 10.6. The molecule has 0 aliphatic carbocycles. The van der Waals surface area contributed by atoms with Crippen molar-refractivity contribution >= 4 is 21.9 Å².